The van der Waals surface area contributed by atoms with Crippen molar-refractivity contribution in [3.05, 3.63) is 292 Å². The average molecular weight is 1490 g/mol. The van der Waals surface area contributed by atoms with Gasteiger partial charge in [-0.2, -0.15) is 0 Å². The summed E-state index contributed by atoms with van der Waals surface area (Å²) in [6, 6.07) is 93.2. The van der Waals surface area contributed by atoms with Crippen molar-refractivity contribution in [2.75, 3.05) is 14.7 Å². The van der Waals surface area contributed by atoms with E-state index < -0.39 is 19.7 Å². The van der Waals surface area contributed by atoms with Crippen LogP contribution in [0.25, 0.3) is 82.5 Å². The first-order valence-corrected chi connectivity index (χ1v) is 40.9. The van der Waals surface area contributed by atoms with E-state index in [0.717, 1.165) is 160 Å². The standard InChI is InChI=1S/C75H51N6.C6H2Cl4O2.Bi/c1-49-28-34-52(35-29-49)76-55-40-57(45-61(43-55)79-70-22-10-4-16-64(70)65-17-5-11-23-71(65)79)77(53-36-30-50(2)31-37-53)59-42-60(48-63(47-59)81-74-26-14-8-20-68(74)69-21-9-15-27-75(69)81)78(54-38-32-51(3)33-39-54)58-41-56(76)44-62(46-58)80-72-24-12-6-18-66(72)67-19-7-13-25-73(67)80;7-1-2(8)4(10)6(12)5(11)3(1)9;/h4-39,43-48H,1-3H3;11-12H;/q;;+2/p-2. The molecule has 4 aliphatic rings. The number of rotatable bonds is 6. The number of halogens is 4. The van der Waals surface area contributed by atoms with E-state index in [2.05, 4.69) is 304 Å². The molecule has 3 aromatic heterocycles. The van der Waals surface area contributed by atoms with Crippen molar-refractivity contribution >= 4 is 192 Å². The Balaban J connectivity index is 1.07. The van der Waals surface area contributed by atoms with Gasteiger partial charge >= 0.3 is 567 Å². The molecule has 450 valence electrons. The molecule has 0 N–H and O–H groups in total. The van der Waals surface area contributed by atoms with Crippen molar-refractivity contribution < 1.29 is 5.63 Å². The minimum atomic E-state index is -7.13. The van der Waals surface area contributed by atoms with E-state index in [1.165, 1.54) is 0 Å². The van der Waals surface area contributed by atoms with E-state index in [4.69, 9.17) is 52.0 Å². The zero-order chi connectivity index (χ0) is 62.8. The van der Waals surface area contributed by atoms with E-state index in [9.17, 15) is 0 Å². The van der Waals surface area contributed by atoms with E-state index >= 15 is 0 Å². The Hall–Kier alpha value is -9.70. The van der Waals surface area contributed by atoms with Crippen molar-refractivity contribution in [1.82, 2.24) is 13.7 Å². The molecule has 0 fully saturated rings. The van der Waals surface area contributed by atoms with Gasteiger partial charge in [-0.15, -0.1) is 0 Å². The van der Waals surface area contributed by atoms with Crippen molar-refractivity contribution in [3.63, 3.8) is 0 Å². The SMILES string of the molecule is Cc1ccc(N2c3cc(-n4c5ccccc5c5ccccc54)cc4[c]3[Bi]35([O]c6c(Cl)c(Cl)c(Cl)c(Cl)c6[O]3)[c]3c2cc(-n2c6ccccc6c6ccccc62)cc3N(c2ccc(C)cc2)c2cc(-n3c6ccccc6c6ccccc63)cc([c]25)N4c2ccc(C)cc2)cc1. The van der Waals surface area contributed by atoms with Gasteiger partial charge in [0.1, 0.15) is 0 Å². The molecule has 13 heteroatoms. The zero-order valence-corrected chi connectivity index (χ0v) is 57.2. The molecule has 0 saturated carbocycles. The van der Waals surface area contributed by atoms with Crippen molar-refractivity contribution in [3.8, 4) is 28.6 Å². The van der Waals surface area contributed by atoms with Crippen LogP contribution in [0.1, 0.15) is 16.7 Å². The molecule has 16 aromatic rings. The topological polar surface area (TPSA) is 43.0 Å². The molecule has 20 rings (SSSR count). The quantitative estimate of drug-likeness (QED) is 0.0943. The second-order valence-corrected chi connectivity index (χ2v) is 40.8. The van der Waals surface area contributed by atoms with Crippen LogP contribution in [0.4, 0.5) is 51.2 Å². The van der Waals surface area contributed by atoms with E-state index in [-0.39, 0.29) is 31.6 Å². The number of anilines is 9. The monoisotopic (exact) mass is 1490 g/mol. The van der Waals surface area contributed by atoms with Crippen LogP contribution in [0, 0.1) is 20.8 Å². The van der Waals surface area contributed by atoms with Gasteiger partial charge in [0, 0.05) is 0 Å². The van der Waals surface area contributed by atoms with Gasteiger partial charge in [-0.3, -0.25) is 0 Å². The fraction of sp³-hybridized carbons (Fsp3) is 0.0370. The molecule has 0 bridgehead atoms. The fourth-order valence-electron chi connectivity index (χ4n) is 16.1. The number of para-hydroxylation sites is 6. The number of benzene rings is 13. The zero-order valence-electron chi connectivity index (χ0n) is 50.7. The molecule has 7 heterocycles. The van der Waals surface area contributed by atoms with Crippen LogP contribution in [-0.4, -0.2) is 33.4 Å². The minimum absolute atomic E-state index is 0.0788. The molecule has 4 aliphatic heterocycles. The summed E-state index contributed by atoms with van der Waals surface area (Å²) >= 11 is 23.1. The van der Waals surface area contributed by atoms with E-state index in [1.807, 2.05) is 0 Å². The Morgan fingerprint density at radius 2 is 0.468 bits per heavy atom. The number of aromatic nitrogens is 3. The van der Waals surface area contributed by atoms with Gasteiger partial charge in [0.05, 0.1) is 0 Å². The van der Waals surface area contributed by atoms with E-state index in [1.54, 1.807) is 0 Å². The van der Waals surface area contributed by atoms with Crippen LogP contribution in [0.2, 0.25) is 20.1 Å². The molecular weight excluding hydrogens is 1440 g/mol. The molecule has 94 heavy (non-hydrogen) atoms. The van der Waals surface area contributed by atoms with Crippen LogP contribution in [0.15, 0.2) is 255 Å². The maximum absolute atomic E-state index is 8.71. The summed E-state index contributed by atoms with van der Waals surface area (Å²) in [6.07, 6.45) is 0. The van der Waals surface area contributed by atoms with Gasteiger partial charge in [0.15, 0.2) is 0 Å². The second-order valence-electron chi connectivity index (χ2n) is 25.2. The first-order chi connectivity index (χ1) is 46.0. The molecule has 1 spiro atoms. The molecular formula is C81H51BiCl4N6O2. The molecule has 0 radical (unpaired) electrons. The Labute approximate surface area is 562 Å². The van der Waals surface area contributed by atoms with Crippen LogP contribution in [0.5, 0.6) is 11.5 Å². The van der Waals surface area contributed by atoms with Crippen molar-refractivity contribution in [1.29, 1.82) is 0 Å². The Morgan fingerprint density at radius 1 is 0.255 bits per heavy atom. The fourth-order valence-corrected chi connectivity index (χ4v) is 39.9. The Morgan fingerprint density at radius 3 is 0.691 bits per heavy atom. The summed E-state index contributed by atoms with van der Waals surface area (Å²) in [5.41, 5.74) is 20.5. The number of fused-ring (bicyclic) bond motifs is 10. The van der Waals surface area contributed by atoms with Crippen LogP contribution in [-0.2, 0) is 0 Å². The number of hydrogen-bond acceptors (Lipinski definition) is 5. The van der Waals surface area contributed by atoms with Gasteiger partial charge in [0.2, 0.25) is 0 Å². The third kappa shape index (κ3) is 7.02. The van der Waals surface area contributed by atoms with Crippen molar-refractivity contribution in [2.24, 2.45) is 0 Å². The average Bonchev–Trinajstić information content (AvgIpc) is 1.15. The molecule has 0 atom stereocenters. The summed E-state index contributed by atoms with van der Waals surface area (Å²) in [5.74, 6) is 0.500. The molecule has 0 amide bonds. The Bertz CT molecular complexity index is 5270. The predicted molar refractivity (Wildman–Crippen MR) is 394 cm³/mol. The number of hydrogen-bond donors (Lipinski definition) is 0. The third-order valence-electron chi connectivity index (χ3n) is 19.9. The Kier molecular flexibility index (Phi) is 11.3. The first-order valence-electron chi connectivity index (χ1n) is 31.4. The van der Waals surface area contributed by atoms with Crippen LogP contribution >= 0.6 is 46.4 Å². The van der Waals surface area contributed by atoms with Gasteiger partial charge in [-0.05, 0) is 0 Å². The van der Waals surface area contributed by atoms with Gasteiger partial charge in [0.25, 0.3) is 0 Å². The van der Waals surface area contributed by atoms with E-state index in [0.29, 0.717) is 0 Å². The summed E-state index contributed by atoms with van der Waals surface area (Å²) < 4.78 is 27.4. The maximum atomic E-state index is 8.71. The van der Waals surface area contributed by atoms with Gasteiger partial charge in [-0.25, -0.2) is 0 Å². The van der Waals surface area contributed by atoms with Gasteiger partial charge in [-0.1, -0.05) is 0 Å². The molecule has 0 saturated heterocycles. The predicted octanol–water partition coefficient (Wildman–Crippen LogP) is 21.8. The molecule has 8 nitrogen and oxygen atoms in total. The summed E-state index contributed by atoms with van der Waals surface area (Å²) in [7, 11) is 0. The summed E-state index contributed by atoms with van der Waals surface area (Å²) in [6.45, 7) is 6.42. The second kappa shape index (κ2) is 19.5. The van der Waals surface area contributed by atoms with Gasteiger partial charge < -0.3 is 0 Å². The molecule has 0 aliphatic carbocycles. The third-order valence-corrected chi connectivity index (χ3v) is 40.6. The number of nitrogens with zero attached hydrogens (tertiary/aromatic N) is 6. The normalized spacial score (nSPS) is 14.9. The molecule has 0 unspecified atom stereocenters. The van der Waals surface area contributed by atoms with Crippen LogP contribution < -0.4 is 30.1 Å². The number of aryl methyl sites for hydroxylation is 3. The summed E-state index contributed by atoms with van der Waals surface area (Å²) in [5, 5.41) is 7.23. The van der Waals surface area contributed by atoms with Crippen LogP contribution in [0.3, 0.4) is 0 Å². The summed E-state index contributed by atoms with van der Waals surface area (Å²) in [4.78, 5) is 7.41. The first kappa shape index (κ1) is 54.8. The van der Waals surface area contributed by atoms with Crippen molar-refractivity contribution in [2.45, 2.75) is 20.8 Å². The molecule has 13 aromatic carbocycles.